The molecule has 0 saturated carbocycles. The number of imidazole rings is 1. The van der Waals surface area contributed by atoms with E-state index in [0.717, 1.165) is 17.7 Å². The van der Waals surface area contributed by atoms with Crippen LogP contribution >= 0.6 is 0 Å². The number of aromatic nitrogens is 3. The summed E-state index contributed by atoms with van der Waals surface area (Å²) >= 11 is 0. The topological polar surface area (TPSA) is 50.9 Å². The van der Waals surface area contributed by atoms with Crippen molar-refractivity contribution in [3.63, 3.8) is 0 Å². The molecule has 35 heavy (non-hydrogen) atoms. The highest BCUT2D eigenvalue weighted by atomic mass is 16.3. The number of para-hydroxylation sites is 1. The molecule has 0 radical (unpaired) electrons. The van der Waals surface area contributed by atoms with Crippen molar-refractivity contribution in [2.24, 2.45) is 7.05 Å². The van der Waals surface area contributed by atoms with Gasteiger partial charge in [-0.25, -0.2) is 4.98 Å². The van der Waals surface area contributed by atoms with Gasteiger partial charge in [-0.1, -0.05) is 50.9 Å². The zero-order valence-corrected chi connectivity index (χ0v) is 19.4. The van der Waals surface area contributed by atoms with Crippen LogP contribution < -0.4 is 0 Å². The van der Waals surface area contributed by atoms with Crippen LogP contribution in [0.4, 0.5) is 0 Å². The Morgan fingerprint density at radius 1 is 0.971 bits per heavy atom. The van der Waals surface area contributed by atoms with Gasteiger partial charge in [-0.3, -0.25) is 4.98 Å². The number of phenols is 1. The van der Waals surface area contributed by atoms with Crippen LogP contribution in [0.5, 0.6) is 5.75 Å². The molecule has 0 bridgehead atoms. The smallest absolute Gasteiger partial charge is 0.144 e. The third kappa shape index (κ3) is 4.10. The lowest BCUT2D eigenvalue weighted by molar-refractivity contribution is 0.472. The van der Waals surface area contributed by atoms with Crippen LogP contribution in [0.1, 0.15) is 55.1 Å². The summed E-state index contributed by atoms with van der Waals surface area (Å²) in [4.78, 5) is 8.83. The zero-order valence-electron chi connectivity index (χ0n) is 32.4. The maximum absolute atomic E-state index is 10.9. The number of hydrogen-bond acceptors (Lipinski definition) is 3. The van der Waals surface area contributed by atoms with Gasteiger partial charge >= 0.3 is 0 Å². The first-order chi connectivity index (χ1) is 22.0. The van der Waals surface area contributed by atoms with Crippen molar-refractivity contribution in [2.45, 2.75) is 39.8 Å². The van der Waals surface area contributed by atoms with Crippen molar-refractivity contribution in [2.75, 3.05) is 0 Å². The summed E-state index contributed by atoms with van der Waals surface area (Å²) in [5.41, 5.74) is -1.18. The first kappa shape index (κ1) is 12.2. The maximum atomic E-state index is 10.9. The molecule has 4 heteroatoms. The summed E-state index contributed by atoms with van der Waals surface area (Å²) in [6.07, 6.45) is -0.656. The number of aryl methyl sites for hydroxylation is 3. The lowest BCUT2D eigenvalue weighted by Crippen LogP contribution is -2.11. The highest BCUT2D eigenvalue weighted by Gasteiger charge is 2.20. The second-order valence-electron chi connectivity index (χ2n) is 8.64. The van der Waals surface area contributed by atoms with Gasteiger partial charge in [0, 0.05) is 36.7 Å². The van der Waals surface area contributed by atoms with Crippen molar-refractivity contribution in [1.29, 1.82) is 0 Å². The van der Waals surface area contributed by atoms with Crippen molar-refractivity contribution in [1.82, 2.24) is 14.5 Å². The highest BCUT2D eigenvalue weighted by molar-refractivity contribution is 5.95. The van der Waals surface area contributed by atoms with E-state index < -0.39 is 55.8 Å². The van der Waals surface area contributed by atoms with Gasteiger partial charge in [-0.05, 0) is 77.9 Å². The second-order valence-corrected chi connectivity index (χ2v) is 8.64. The Balaban J connectivity index is 1.94. The number of rotatable bonds is 3. The number of hydrogen-bond donors (Lipinski definition) is 1. The molecule has 2 aromatic heterocycles. The fourth-order valence-electron chi connectivity index (χ4n) is 4.32. The van der Waals surface area contributed by atoms with E-state index >= 15 is 0 Å². The first-order valence-electron chi connectivity index (χ1n) is 17.4. The lowest BCUT2D eigenvalue weighted by Gasteiger charge is -2.21. The van der Waals surface area contributed by atoms with Crippen LogP contribution in [0.25, 0.3) is 44.8 Å². The molecule has 0 spiro atoms. The average molecular weight is 475 g/mol. The first-order valence-corrected chi connectivity index (χ1v) is 10.9. The van der Waals surface area contributed by atoms with Gasteiger partial charge in [0.1, 0.15) is 11.6 Å². The van der Waals surface area contributed by atoms with Gasteiger partial charge in [0.15, 0.2) is 0 Å². The minimum Gasteiger partial charge on any atom is -0.507 e. The predicted molar refractivity (Wildman–Crippen MR) is 145 cm³/mol. The van der Waals surface area contributed by atoms with Crippen LogP contribution in [-0.4, -0.2) is 19.6 Å². The SMILES string of the molecule is [2H]c1nc(-c2cc(-c3cccc4c3nc(-c3cc(C)cc(C)c3O)n4C)cc(C(C([2H])([2H])[2H])(C([2H])([2H])[2H])C([2H])([2H])[2H])c2)c([2H])c([2H])c1[2H]. The minimum absolute atomic E-state index is 0.0203. The largest absolute Gasteiger partial charge is 0.507 e. The van der Waals surface area contributed by atoms with Gasteiger partial charge in [0.2, 0.25) is 0 Å². The van der Waals surface area contributed by atoms with Crippen LogP contribution in [0.3, 0.4) is 0 Å². The molecule has 5 rings (SSSR count). The fraction of sp³-hybridized carbons (Fsp3) is 0.226. The molecule has 3 aromatic carbocycles. The van der Waals surface area contributed by atoms with E-state index in [4.69, 9.17) is 22.8 Å². The van der Waals surface area contributed by atoms with Crippen molar-refractivity contribution in [3.8, 4) is 39.5 Å². The van der Waals surface area contributed by atoms with E-state index in [0.29, 0.717) is 33.5 Å². The Morgan fingerprint density at radius 3 is 2.57 bits per heavy atom. The Bertz CT molecular complexity index is 2060. The van der Waals surface area contributed by atoms with Gasteiger partial charge in [-0.15, -0.1) is 0 Å². The maximum Gasteiger partial charge on any atom is 0.144 e. The summed E-state index contributed by atoms with van der Waals surface area (Å²) in [5, 5.41) is 10.9. The molecule has 5 aromatic rings. The number of pyridine rings is 1. The quantitative estimate of drug-likeness (QED) is 0.293. The number of fused-ring (bicyclic) bond motifs is 1. The van der Waals surface area contributed by atoms with E-state index in [9.17, 15) is 5.11 Å². The third-order valence-electron chi connectivity index (χ3n) is 6.01. The molecule has 0 unspecified atom stereocenters. The van der Waals surface area contributed by atoms with E-state index in [1.54, 1.807) is 42.8 Å². The normalized spacial score (nSPS) is 18.3. The molecule has 0 aliphatic heterocycles. The third-order valence-corrected chi connectivity index (χ3v) is 6.01. The second kappa shape index (κ2) is 8.38. The predicted octanol–water partition coefficient (Wildman–Crippen LogP) is 7.59. The number of nitrogens with zero attached hydrogens (tertiary/aromatic N) is 3. The Morgan fingerprint density at radius 2 is 1.77 bits per heavy atom. The molecule has 1 N–H and O–H groups in total. The molecule has 0 aliphatic rings. The Hall–Kier alpha value is -3.92. The van der Waals surface area contributed by atoms with Gasteiger partial charge in [0.25, 0.3) is 0 Å². The monoisotopic (exact) mass is 474 g/mol. The standard InChI is InChI=1S/C31H31N3O/c1-19-14-20(2)29(35)25(15-19)30-33-28-24(10-9-12-27(28)34(30)6)21-16-22(26-11-7-8-13-32-26)18-23(17-21)31(3,4)5/h7-18,35H,1-6H3/i3D3,4D3,5D3,7D,8D,11D,13D. The molecular weight excluding hydrogens is 430 g/mol. The number of aromatic hydroxyl groups is 1. The number of benzene rings is 3. The van der Waals surface area contributed by atoms with E-state index in [1.165, 1.54) is 6.07 Å². The molecule has 0 saturated heterocycles. The molecule has 0 amide bonds. The van der Waals surface area contributed by atoms with Crippen LogP contribution in [0.2, 0.25) is 0 Å². The average Bonchev–Trinajstić information content (AvgIpc) is 3.29. The van der Waals surface area contributed by atoms with Gasteiger partial charge < -0.3 is 9.67 Å². The summed E-state index contributed by atoms with van der Waals surface area (Å²) in [7, 11) is 1.74. The summed E-state index contributed by atoms with van der Waals surface area (Å²) in [6.45, 7) is -7.18. The molecule has 0 fully saturated rings. The van der Waals surface area contributed by atoms with Crippen LogP contribution in [-0.2, 0) is 12.5 Å². The minimum atomic E-state index is -3.60. The van der Waals surface area contributed by atoms with Crippen molar-refractivity contribution >= 4 is 11.0 Å². The van der Waals surface area contributed by atoms with Crippen molar-refractivity contribution in [3.05, 3.63) is 89.5 Å². The summed E-state index contributed by atoms with van der Waals surface area (Å²) in [5.74, 6) is 0.408. The molecule has 0 aliphatic carbocycles. The molecule has 0 atom stereocenters. The molecule has 176 valence electrons. The Labute approximate surface area is 225 Å². The zero-order chi connectivity index (χ0) is 35.9. The molecule has 2 heterocycles. The van der Waals surface area contributed by atoms with E-state index in [2.05, 4.69) is 4.98 Å². The Kier molecular flexibility index (Phi) is 2.91. The molecule has 4 nitrogen and oxygen atoms in total. The van der Waals surface area contributed by atoms with E-state index in [1.807, 2.05) is 13.0 Å². The van der Waals surface area contributed by atoms with Crippen LogP contribution in [0.15, 0.2) is 72.8 Å². The van der Waals surface area contributed by atoms with Crippen LogP contribution in [0, 0.1) is 13.8 Å². The van der Waals surface area contributed by atoms with Gasteiger partial charge in [0.05, 0.1) is 27.8 Å². The molecular formula is C31H31N3O. The fourth-order valence-corrected chi connectivity index (χ4v) is 4.32. The van der Waals surface area contributed by atoms with E-state index in [-0.39, 0.29) is 22.6 Å². The van der Waals surface area contributed by atoms with Crippen molar-refractivity contribution < 1.29 is 22.9 Å². The summed E-state index contributed by atoms with van der Waals surface area (Å²) in [6, 6.07) is 10.4. The highest BCUT2D eigenvalue weighted by Crippen LogP contribution is 2.38. The number of phenolic OH excluding ortho intramolecular Hbond substituents is 1. The lowest BCUT2D eigenvalue weighted by atomic mass is 9.83. The van der Waals surface area contributed by atoms with Gasteiger partial charge in [-0.2, -0.15) is 0 Å². The summed E-state index contributed by atoms with van der Waals surface area (Å²) < 4.78 is 109.